The molecule has 1 fully saturated rings. The topological polar surface area (TPSA) is 58.1 Å². The molecule has 30 heavy (non-hydrogen) atoms. The summed E-state index contributed by atoms with van der Waals surface area (Å²) in [7, 11) is 3.40. The van der Waals surface area contributed by atoms with Crippen LogP contribution in [0.4, 0.5) is 13.2 Å². The zero-order chi connectivity index (χ0) is 22.0. The first kappa shape index (κ1) is 24.3. The Morgan fingerprint density at radius 2 is 1.97 bits per heavy atom. The van der Waals surface area contributed by atoms with Gasteiger partial charge in [0, 0.05) is 39.4 Å². The van der Waals surface area contributed by atoms with Crippen LogP contribution in [-0.4, -0.2) is 70.6 Å². The van der Waals surface area contributed by atoms with Crippen LogP contribution >= 0.6 is 0 Å². The Kier molecular flexibility index (Phi) is 9.71. The van der Waals surface area contributed by atoms with E-state index in [1.54, 1.807) is 26.3 Å². The van der Waals surface area contributed by atoms with Crippen LogP contribution in [0.15, 0.2) is 23.2 Å². The molecule has 1 aliphatic heterocycles. The molecule has 2 N–H and O–H groups in total. The number of ether oxygens (including phenoxy) is 2. The van der Waals surface area contributed by atoms with Crippen LogP contribution in [0, 0.1) is 12.8 Å². The molecule has 0 bridgehead atoms. The van der Waals surface area contributed by atoms with Gasteiger partial charge in [-0.1, -0.05) is 12.1 Å². The van der Waals surface area contributed by atoms with Gasteiger partial charge in [0.1, 0.15) is 5.75 Å². The lowest BCUT2D eigenvalue weighted by atomic mass is 9.97. The lowest BCUT2D eigenvalue weighted by molar-refractivity contribution is -0.153. The zero-order valence-corrected chi connectivity index (χ0v) is 18.0. The van der Waals surface area contributed by atoms with E-state index in [2.05, 4.69) is 20.5 Å². The highest BCUT2D eigenvalue weighted by Crippen LogP contribution is 2.23. The van der Waals surface area contributed by atoms with Crippen LogP contribution in [0.1, 0.15) is 24.0 Å². The summed E-state index contributed by atoms with van der Waals surface area (Å²) in [6, 6.07) is 5.25. The van der Waals surface area contributed by atoms with Crippen LogP contribution in [-0.2, 0) is 11.3 Å². The van der Waals surface area contributed by atoms with Crippen molar-refractivity contribution in [3.8, 4) is 5.75 Å². The second kappa shape index (κ2) is 12.0. The number of alkyl halides is 3. The van der Waals surface area contributed by atoms with Gasteiger partial charge in [0.2, 0.25) is 0 Å². The average molecular weight is 431 g/mol. The highest BCUT2D eigenvalue weighted by molar-refractivity contribution is 5.79. The van der Waals surface area contributed by atoms with Crippen molar-refractivity contribution in [2.45, 2.75) is 32.5 Å². The Balaban J connectivity index is 1.80. The smallest absolute Gasteiger partial charge is 0.422 e. The Morgan fingerprint density at radius 3 is 2.60 bits per heavy atom. The summed E-state index contributed by atoms with van der Waals surface area (Å²) in [6.07, 6.45) is -2.15. The van der Waals surface area contributed by atoms with Crippen molar-refractivity contribution in [2.75, 3.05) is 53.6 Å². The van der Waals surface area contributed by atoms with Crippen molar-refractivity contribution < 1.29 is 22.6 Å². The number of methoxy groups -OCH3 is 1. The van der Waals surface area contributed by atoms with Gasteiger partial charge in [-0.05, 0) is 50.4 Å². The van der Waals surface area contributed by atoms with Crippen LogP contribution in [0.2, 0.25) is 0 Å². The number of halogens is 3. The molecule has 1 aromatic carbocycles. The molecular weight excluding hydrogens is 397 g/mol. The number of nitrogens with one attached hydrogen (secondary N) is 2. The Bertz CT molecular complexity index is 675. The van der Waals surface area contributed by atoms with Crippen LogP contribution in [0.3, 0.4) is 0 Å². The highest BCUT2D eigenvalue weighted by atomic mass is 19.4. The van der Waals surface area contributed by atoms with E-state index in [-0.39, 0.29) is 5.75 Å². The number of hydrogen-bond donors (Lipinski definition) is 2. The van der Waals surface area contributed by atoms with E-state index in [0.29, 0.717) is 24.0 Å². The molecule has 0 saturated carbocycles. The maximum Gasteiger partial charge on any atom is 0.422 e. The molecule has 0 unspecified atom stereocenters. The summed E-state index contributed by atoms with van der Waals surface area (Å²) >= 11 is 0. The molecule has 1 heterocycles. The molecule has 9 heteroatoms. The van der Waals surface area contributed by atoms with Crippen LogP contribution in [0.5, 0.6) is 5.75 Å². The van der Waals surface area contributed by atoms with E-state index in [0.717, 1.165) is 51.2 Å². The van der Waals surface area contributed by atoms with Crippen molar-refractivity contribution in [1.82, 2.24) is 15.5 Å². The molecule has 1 aromatic rings. The first-order chi connectivity index (χ1) is 14.3. The number of hydrogen-bond acceptors (Lipinski definition) is 4. The van der Waals surface area contributed by atoms with Gasteiger partial charge in [-0.3, -0.25) is 4.99 Å². The van der Waals surface area contributed by atoms with Crippen LogP contribution < -0.4 is 15.4 Å². The summed E-state index contributed by atoms with van der Waals surface area (Å²) in [5.41, 5.74) is 1.49. The largest absolute Gasteiger partial charge is 0.484 e. The summed E-state index contributed by atoms with van der Waals surface area (Å²) in [5.74, 6) is 1.42. The average Bonchev–Trinajstić information content (AvgIpc) is 2.72. The minimum absolute atomic E-state index is 0.235. The number of rotatable bonds is 9. The molecule has 1 aliphatic rings. The summed E-state index contributed by atoms with van der Waals surface area (Å²) in [4.78, 5) is 6.63. The third-order valence-electron chi connectivity index (χ3n) is 5.16. The number of piperidine rings is 1. The van der Waals surface area contributed by atoms with Gasteiger partial charge < -0.3 is 25.0 Å². The number of guanidine groups is 1. The zero-order valence-electron chi connectivity index (χ0n) is 18.0. The van der Waals surface area contributed by atoms with Crippen molar-refractivity contribution in [2.24, 2.45) is 10.9 Å². The van der Waals surface area contributed by atoms with E-state index in [1.807, 2.05) is 13.0 Å². The molecule has 170 valence electrons. The second-order valence-corrected chi connectivity index (χ2v) is 7.60. The van der Waals surface area contributed by atoms with Crippen molar-refractivity contribution >= 4 is 5.96 Å². The predicted molar refractivity (Wildman–Crippen MR) is 112 cm³/mol. The fourth-order valence-electron chi connectivity index (χ4n) is 3.38. The maximum atomic E-state index is 12.5. The highest BCUT2D eigenvalue weighted by Gasteiger charge is 2.28. The number of aliphatic imine (C=N–C) groups is 1. The summed E-state index contributed by atoms with van der Waals surface area (Å²) in [5, 5.41) is 6.50. The normalized spacial score (nSPS) is 16.5. The number of likely N-dealkylation sites (tertiary alicyclic amines) is 1. The predicted octanol–water partition coefficient (Wildman–Crippen LogP) is 2.96. The lowest BCUT2D eigenvalue weighted by Gasteiger charge is -2.32. The molecule has 0 atom stereocenters. The Hall–Kier alpha value is -2.00. The van der Waals surface area contributed by atoms with Gasteiger partial charge in [0.25, 0.3) is 0 Å². The molecule has 0 aromatic heterocycles. The molecule has 6 nitrogen and oxygen atoms in total. The van der Waals surface area contributed by atoms with E-state index in [9.17, 15) is 13.2 Å². The minimum atomic E-state index is -4.37. The molecule has 2 rings (SSSR count). The number of nitrogens with zero attached hydrogens (tertiary/aromatic N) is 2. The van der Waals surface area contributed by atoms with Gasteiger partial charge >= 0.3 is 6.18 Å². The van der Waals surface area contributed by atoms with E-state index >= 15 is 0 Å². The number of benzene rings is 1. The second-order valence-electron chi connectivity index (χ2n) is 7.60. The molecule has 0 radical (unpaired) electrons. The van der Waals surface area contributed by atoms with E-state index in [1.165, 1.54) is 0 Å². The molecule has 1 saturated heterocycles. The molecule has 0 amide bonds. The standard InChI is InChI=1S/C21H33F3N4O2/c1-16-4-5-18(19(12-16)30-15-21(22,23)24)14-27-20(25-2)26-13-17-6-8-28(9-7-17)10-11-29-3/h4-5,12,17H,6-11,13-15H2,1-3H3,(H2,25,26,27). The SMILES string of the molecule is CN=C(NCc1ccc(C)cc1OCC(F)(F)F)NCC1CCN(CCOC)CC1. The molecule has 0 aliphatic carbocycles. The monoisotopic (exact) mass is 430 g/mol. The van der Waals surface area contributed by atoms with Gasteiger partial charge in [-0.25, -0.2) is 0 Å². The Morgan fingerprint density at radius 1 is 1.23 bits per heavy atom. The molecular formula is C21H33F3N4O2. The van der Waals surface area contributed by atoms with E-state index < -0.39 is 12.8 Å². The van der Waals surface area contributed by atoms with Gasteiger partial charge in [-0.2, -0.15) is 13.2 Å². The third-order valence-corrected chi connectivity index (χ3v) is 5.16. The van der Waals surface area contributed by atoms with Gasteiger partial charge in [0.05, 0.1) is 6.61 Å². The lowest BCUT2D eigenvalue weighted by Crippen LogP contribution is -2.43. The maximum absolute atomic E-state index is 12.5. The van der Waals surface area contributed by atoms with Gasteiger partial charge in [-0.15, -0.1) is 0 Å². The molecule has 0 spiro atoms. The van der Waals surface area contributed by atoms with Crippen molar-refractivity contribution in [3.05, 3.63) is 29.3 Å². The summed E-state index contributed by atoms with van der Waals surface area (Å²) < 4.78 is 47.7. The Labute approximate surface area is 176 Å². The quantitative estimate of drug-likeness (QED) is 0.466. The fraction of sp³-hybridized carbons (Fsp3) is 0.667. The fourth-order valence-corrected chi connectivity index (χ4v) is 3.38. The third kappa shape index (κ3) is 8.79. The minimum Gasteiger partial charge on any atom is -0.484 e. The van der Waals surface area contributed by atoms with Crippen LogP contribution in [0.25, 0.3) is 0 Å². The van der Waals surface area contributed by atoms with Crippen molar-refractivity contribution in [1.29, 1.82) is 0 Å². The number of aryl methyl sites for hydroxylation is 1. The van der Waals surface area contributed by atoms with E-state index in [4.69, 9.17) is 9.47 Å². The summed E-state index contributed by atoms with van der Waals surface area (Å²) in [6.45, 7) is 5.49. The van der Waals surface area contributed by atoms with Gasteiger partial charge in [0.15, 0.2) is 12.6 Å². The first-order valence-corrected chi connectivity index (χ1v) is 10.3. The van der Waals surface area contributed by atoms with Crippen molar-refractivity contribution in [3.63, 3.8) is 0 Å². The first-order valence-electron chi connectivity index (χ1n) is 10.3.